The van der Waals surface area contributed by atoms with E-state index < -0.39 is 0 Å². The van der Waals surface area contributed by atoms with E-state index in [2.05, 4.69) is 41.6 Å². The van der Waals surface area contributed by atoms with Crippen molar-refractivity contribution in [3.05, 3.63) is 24.5 Å². The van der Waals surface area contributed by atoms with E-state index in [-0.39, 0.29) is 0 Å². The lowest BCUT2D eigenvalue weighted by molar-refractivity contribution is 0.318. The van der Waals surface area contributed by atoms with E-state index in [1.54, 1.807) is 0 Å². The van der Waals surface area contributed by atoms with Crippen LogP contribution in [0.4, 0.5) is 0 Å². The van der Waals surface area contributed by atoms with Crippen molar-refractivity contribution in [3.63, 3.8) is 0 Å². The molecule has 1 aliphatic rings. The first kappa shape index (κ1) is 9.63. The quantitative estimate of drug-likeness (QED) is 0.779. The molecule has 0 aromatic carbocycles. The van der Waals surface area contributed by atoms with Gasteiger partial charge in [-0.3, -0.25) is 4.68 Å². The van der Waals surface area contributed by atoms with Crippen molar-refractivity contribution in [2.45, 2.75) is 45.1 Å². The molecule has 1 saturated carbocycles. The van der Waals surface area contributed by atoms with Gasteiger partial charge in [-0.15, -0.1) is 0 Å². The largest absolute Gasteiger partial charge is 0.323 e. The van der Waals surface area contributed by atoms with E-state index in [1.165, 1.54) is 32.1 Å². The molecule has 0 amide bonds. The Bertz CT molecular complexity index is 247. The average Bonchev–Trinajstić information content (AvgIpc) is 2.72. The summed E-state index contributed by atoms with van der Waals surface area (Å²) in [5.74, 6) is 0.867. The maximum Gasteiger partial charge on any atom is 0.0424 e. The van der Waals surface area contributed by atoms with Crippen LogP contribution in [-0.2, 0) is 0 Å². The fourth-order valence-electron chi connectivity index (χ4n) is 2.40. The molecular formula is C12H20N2. The minimum atomic E-state index is 0.600. The van der Waals surface area contributed by atoms with Crippen molar-refractivity contribution in [2.24, 2.45) is 5.92 Å². The molecule has 1 aromatic heterocycles. The summed E-state index contributed by atoms with van der Waals surface area (Å²) in [7, 11) is 0. The molecule has 0 saturated heterocycles. The van der Waals surface area contributed by atoms with Gasteiger partial charge < -0.3 is 5.43 Å². The average molecular weight is 192 g/mol. The molecule has 1 fully saturated rings. The highest BCUT2D eigenvalue weighted by Crippen LogP contribution is 2.26. The van der Waals surface area contributed by atoms with Crippen LogP contribution >= 0.6 is 0 Å². The van der Waals surface area contributed by atoms with E-state index >= 15 is 0 Å². The molecule has 2 nitrogen and oxygen atoms in total. The van der Waals surface area contributed by atoms with E-state index in [9.17, 15) is 0 Å². The molecule has 0 spiro atoms. The monoisotopic (exact) mass is 192 g/mol. The van der Waals surface area contributed by atoms with Crippen LogP contribution in [-0.4, -0.2) is 10.7 Å². The lowest BCUT2D eigenvalue weighted by Crippen LogP contribution is -2.32. The van der Waals surface area contributed by atoms with Gasteiger partial charge in [-0.1, -0.05) is 19.3 Å². The predicted molar refractivity (Wildman–Crippen MR) is 59.8 cm³/mol. The zero-order chi connectivity index (χ0) is 9.80. The van der Waals surface area contributed by atoms with Crippen molar-refractivity contribution in [2.75, 3.05) is 5.43 Å². The third kappa shape index (κ3) is 2.31. The predicted octanol–water partition coefficient (Wildman–Crippen LogP) is 3.00. The van der Waals surface area contributed by atoms with Gasteiger partial charge in [-0.25, -0.2) is 0 Å². The normalized spacial score (nSPS) is 20.6. The van der Waals surface area contributed by atoms with E-state index in [0.29, 0.717) is 6.04 Å². The van der Waals surface area contributed by atoms with Crippen molar-refractivity contribution in [1.82, 2.24) is 4.68 Å². The second-order valence-electron chi connectivity index (χ2n) is 4.41. The molecule has 1 atom stereocenters. The standard InChI is InChI=1S/C12H20N2/c1-11(12-7-3-2-4-8-12)13-14-9-5-6-10-14/h5-6,9-13H,2-4,7-8H2,1H3. The first-order chi connectivity index (χ1) is 6.86. The molecule has 2 heteroatoms. The summed E-state index contributed by atoms with van der Waals surface area (Å²) in [4.78, 5) is 0. The van der Waals surface area contributed by atoms with Gasteiger partial charge in [0.25, 0.3) is 0 Å². The number of rotatable bonds is 3. The highest BCUT2D eigenvalue weighted by Gasteiger charge is 2.19. The Morgan fingerprint density at radius 1 is 1.14 bits per heavy atom. The molecule has 1 heterocycles. The molecule has 1 N–H and O–H groups in total. The second kappa shape index (κ2) is 4.54. The lowest BCUT2D eigenvalue weighted by atomic mass is 9.85. The summed E-state index contributed by atoms with van der Waals surface area (Å²) < 4.78 is 2.07. The molecule has 0 aliphatic heterocycles. The highest BCUT2D eigenvalue weighted by atomic mass is 15.4. The van der Waals surface area contributed by atoms with Crippen LogP contribution in [0.1, 0.15) is 39.0 Å². The highest BCUT2D eigenvalue weighted by molar-refractivity contribution is 4.96. The van der Waals surface area contributed by atoms with Crippen molar-refractivity contribution >= 4 is 0 Å². The maximum absolute atomic E-state index is 3.51. The number of hydrogen-bond acceptors (Lipinski definition) is 1. The Morgan fingerprint density at radius 2 is 1.79 bits per heavy atom. The van der Waals surface area contributed by atoms with Gasteiger partial charge in [0.2, 0.25) is 0 Å². The Labute approximate surface area is 86.3 Å². The number of nitrogens with one attached hydrogen (secondary N) is 1. The van der Waals surface area contributed by atoms with Gasteiger partial charge in [-0.2, -0.15) is 0 Å². The first-order valence-corrected chi connectivity index (χ1v) is 5.76. The Kier molecular flexibility index (Phi) is 3.12. The third-order valence-electron chi connectivity index (χ3n) is 3.31. The molecule has 2 rings (SSSR count). The fourth-order valence-corrected chi connectivity index (χ4v) is 2.40. The van der Waals surface area contributed by atoms with Gasteiger partial charge in [0, 0.05) is 18.4 Å². The van der Waals surface area contributed by atoms with Gasteiger partial charge in [-0.05, 0) is 37.8 Å². The van der Waals surface area contributed by atoms with E-state index in [1.807, 2.05) is 0 Å². The maximum atomic E-state index is 3.51. The zero-order valence-corrected chi connectivity index (χ0v) is 8.95. The van der Waals surface area contributed by atoms with Gasteiger partial charge in [0.15, 0.2) is 0 Å². The summed E-state index contributed by atoms with van der Waals surface area (Å²) >= 11 is 0. The van der Waals surface area contributed by atoms with Gasteiger partial charge >= 0.3 is 0 Å². The summed E-state index contributed by atoms with van der Waals surface area (Å²) in [5, 5.41) is 0. The van der Waals surface area contributed by atoms with Crippen LogP contribution in [0.25, 0.3) is 0 Å². The number of hydrogen-bond donors (Lipinski definition) is 1. The van der Waals surface area contributed by atoms with Crippen molar-refractivity contribution < 1.29 is 0 Å². The summed E-state index contributed by atoms with van der Waals surface area (Å²) in [6, 6.07) is 4.71. The van der Waals surface area contributed by atoms with E-state index in [4.69, 9.17) is 0 Å². The molecule has 1 aliphatic carbocycles. The fraction of sp³-hybridized carbons (Fsp3) is 0.667. The Hall–Kier alpha value is -0.920. The zero-order valence-electron chi connectivity index (χ0n) is 8.95. The molecule has 14 heavy (non-hydrogen) atoms. The third-order valence-corrected chi connectivity index (χ3v) is 3.31. The first-order valence-electron chi connectivity index (χ1n) is 5.76. The van der Waals surface area contributed by atoms with Gasteiger partial charge in [0.1, 0.15) is 0 Å². The van der Waals surface area contributed by atoms with Crippen LogP contribution in [0.5, 0.6) is 0 Å². The topological polar surface area (TPSA) is 17.0 Å². The smallest absolute Gasteiger partial charge is 0.0424 e. The second-order valence-corrected chi connectivity index (χ2v) is 4.41. The van der Waals surface area contributed by atoms with Crippen molar-refractivity contribution in [3.8, 4) is 0 Å². The van der Waals surface area contributed by atoms with Crippen LogP contribution in [0.3, 0.4) is 0 Å². The summed E-state index contributed by atoms with van der Waals surface area (Å²) in [6.45, 7) is 2.30. The molecule has 1 aromatic rings. The number of nitrogens with zero attached hydrogens (tertiary/aromatic N) is 1. The molecule has 1 unspecified atom stereocenters. The van der Waals surface area contributed by atoms with Crippen LogP contribution in [0, 0.1) is 5.92 Å². The van der Waals surface area contributed by atoms with Gasteiger partial charge in [0.05, 0.1) is 0 Å². The van der Waals surface area contributed by atoms with Crippen LogP contribution < -0.4 is 5.43 Å². The summed E-state index contributed by atoms with van der Waals surface area (Å²) in [5.41, 5.74) is 3.51. The minimum absolute atomic E-state index is 0.600. The Morgan fingerprint density at radius 3 is 2.43 bits per heavy atom. The minimum Gasteiger partial charge on any atom is -0.323 e. The summed E-state index contributed by atoms with van der Waals surface area (Å²) in [6.07, 6.45) is 11.2. The number of aromatic nitrogens is 1. The van der Waals surface area contributed by atoms with Crippen LogP contribution in [0.2, 0.25) is 0 Å². The Balaban J connectivity index is 1.85. The van der Waals surface area contributed by atoms with Crippen LogP contribution in [0.15, 0.2) is 24.5 Å². The molecule has 0 bridgehead atoms. The van der Waals surface area contributed by atoms with Crippen molar-refractivity contribution in [1.29, 1.82) is 0 Å². The molecule has 78 valence electrons. The lowest BCUT2D eigenvalue weighted by Gasteiger charge is -2.29. The molecule has 0 radical (unpaired) electrons. The van der Waals surface area contributed by atoms with E-state index in [0.717, 1.165) is 5.92 Å². The SMILES string of the molecule is CC(Nn1cccc1)C1CCCCC1. The molecular weight excluding hydrogens is 172 g/mol.